The lowest BCUT2D eigenvalue weighted by atomic mass is 10.1. The summed E-state index contributed by atoms with van der Waals surface area (Å²) < 4.78 is 0.932. The van der Waals surface area contributed by atoms with Gasteiger partial charge in [-0.25, -0.2) is 0 Å². The highest BCUT2D eigenvalue weighted by Crippen LogP contribution is 2.12. The average Bonchev–Trinajstić information content (AvgIpc) is 2.15. The monoisotopic (exact) mass is 277 g/mol. The Hall–Kier alpha value is -0.380. The predicted molar refractivity (Wildman–Crippen MR) is 64.2 cm³/mol. The van der Waals surface area contributed by atoms with Gasteiger partial charge in [0, 0.05) is 10.0 Å². The van der Waals surface area contributed by atoms with Gasteiger partial charge in [0.2, 0.25) is 0 Å². The molecule has 14 heavy (non-hydrogen) atoms. The highest BCUT2D eigenvalue weighted by molar-refractivity contribution is 9.10. The molecule has 1 atom stereocenters. The topological polar surface area (TPSA) is 29.1 Å². The van der Waals surface area contributed by atoms with Gasteiger partial charge in [0.15, 0.2) is 5.78 Å². The molecule has 1 rings (SSSR count). The van der Waals surface area contributed by atoms with Crippen LogP contribution in [0.25, 0.3) is 0 Å². The lowest BCUT2D eigenvalue weighted by molar-refractivity contribution is 0.0955. The molecule has 0 heterocycles. The second kappa shape index (κ2) is 6.17. The number of nitrogens with one attached hydrogen (secondary N) is 1. The van der Waals surface area contributed by atoms with Gasteiger partial charge >= 0.3 is 0 Å². The fourth-order valence-electron chi connectivity index (χ4n) is 1.02. The molecule has 0 bridgehead atoms. The zero-order valence-corrected chi connectivity index (χ0v) is 10.5. The maximum Gasteiger partial charge on any atom is 0.179 e. The number of ketones is 1. The summed E-state index contributed by atoms with van der Waals surface area (Å²) in [6.07, 6.45) is 0. The summed E-state index contributed by atoms with van der Waals surface area (Å²) in [5.74, 6) is 0.115. The van der Waals surface area contributed by atoms with Crippen molar-refractivity contribution in [2.24, 2.45) is 0 Å². The van der Waals surface area contributed by atoms with Crippen molar-refractivity contribution in [3.8, 4) is 0 Å². The van der Waals surface area contributed by atoms with Gasteiger partial charge in [-0.15, -0.1) is 12.4 Å². The first-order valence-corrected chi connectivity index (χ1v) is 4.91. The molecule has 0 saturated carbocycles. The Kier molecular flexibility index (Phi) is 6.00. The van der Waals surface area contributed by atoms with Crippen LogP contribution in [0.3, 0.4) is 0 Å². The molecule has 0 aliphatic carbocycles. The van der Waals surface area contributed by atoms with Gasteiger partial charge in [0.25, 0.3) is 0 Å². The van der Waals surface area contributed by atoms with Crippen LogP contribution in [-0.2, 0) is 0 Å². The van der Waals surface area contributed by atoms with Gasteiger partial charge in [0.1, 0.15) is 0 Å². The molecule has 0 aliphatic heterocycles. The smallest absolute Gasteiger partial charge is 0.179 e. The van der Waals surface area contributed by atoms with E-state index in [1.807, 2.05) is 31.2 Å². The summed E-state index contributed by atoms with van der Waals surface area (Å²) in [4.78, 5) is 11.6. The van der Waals surface area contributed by atoms with Gasteiger partial charge in [-0.3, -0.25) is 4.79 Å². The highest BCUT2D eigenvalue weighted by Gasteiger charge is 2.12. The van der Waals surface area contributed by atoms with Crippen molar-refractivity contribution < 1.29 is 4.79 Å². The maximum absolute atomic E-state index is 11.6. The minimum atomic E-state index is -0.130. The lowest BCUT2D eigenvalue weighted by Gasteiger charge is -2.08. The summed E-state index contributed by atoms with van der Waals surface area (Å²) in [6.45, 7) is 1.85. The number of carbonyl (C=O) groups excluding carboxylic acids is 1. The van der Waals surface area contributed by atoms with Crippen LogP contribution >= 0.6 is 28.3 Å². The van der Waals surface area contributed by atoms with Crippen LogP contribution < -0.4 is 5.32 Å². The zero-order valence-electron chi connectivity index (χ0n) is 8.08. The number of likely N-dealkylation sites (N-methyl/N-ethyl adjacent to an activating group) is 1. The largest absolute Gasteiger partial charge is 0.310 e. The van der Waals surface area contributed by atoms with Gasteiger partial charge < -0.3 is 5.32 Å². The number of hydrogen-bond acceptors (Lipinski definition) is 2. The Balaban J connectivity index is 0.00000169. The van der Waals surface area contributed by atoms with Gasteiger partial charge in [-0.05, 0) is 26.1 Å². The summed E-state index contributed by atoms with van der Waals surface area (Å²) in [5.41, 5.74) is 0.733. The van der Waals surface area contributed by atoms with E-state index in [1.165, 1.54) is 0 Å². The molecule has 2 nitrogen and oxygen atoms in total. The van der Waals surface area contributed by atoms with E-state index >= 15 is 0 Å². The van der Waals surface area contributed by atoms with Crippen LogP contribution in [0.15, 0.2) is 28.7 Å². The molecule has 1 aromatic rings. The van der Waals surface area contributed by atoms with E-state index in [1.54, 1.807) is 7.05 Å². The van der Waals surface area contributed by atoms with E-state index in [0.717, 1.165) is 10.0 Å². The second-order valence-corrected chi connectivity index (χ2v) is 3.80. The highest BCUT2D eigenvalue weighted by atomic mass is 79.9. The first kappa shape index (κ1) is 13.6. The fraction of sp³-hybridized carbons (Fsp3) is 0.300. The molecule has 1 aromatic carbocycles. The molecule has 0 fully saturated rings. The van der Waals surface area contributed by atoms with E-state index in [9.17, 15) is 4.79 Å². The third kappa shape index (κ3) is 3.40. The third-order valence-electron chi connectivity index (χ3n) is 1.94. The molecule has 0 saturated heterocycles. The average molecular weight is 279 g/mol. The fourth-order valence-corrected chi connectivity index (χ4v) is 1.42. The number of carbonyl (C=O) groups is 1. The Morgan fingerprint density at radius 1 is 1.50 bits per heavy atom. The van der Waals surface area contributed by atoms with Crippen molar-refractivity contribution in [1.82, 2.24) is 5.32 Å². The molecular formula is C10H13BrClNO. The van der Waals surface area contributed by atoms with E-state index in [-0.39, 0.29) is 24.2 Å². The van der Waals surface area contributed by atoms with Crippen LogP contribution in [0.5, 0.6) is 0 Å². The number of benzene rings is 1. The minimum absolute atomic E-state index is 0. The standard InChI is InChI=1S/C10H12BrNO.ClH/c1-7(12-2)10(13)8-4-3-5-9(11)6-8;/h3-7,12H,1-2H3;1H. The van der Waals surface area contributed by atoms with Crippen molar-refractivity contribution in [1.29, 1.82) is 0 Å². The van der Waals surface area contributed by atoms with Crippen molar-refractivity contribution in [3.05, 3.63) is 34.3 Å². The van der Waals surface area contributed by atoms with E-state index in [0.29, 0.717) is 0 Å². The van der Waals surface area contributed by atoms with Crippen LogP contribution in [-0.4, -0.2) is 18.9 Å². The van der Waals surface area contributed by atoms with Crippen LogP contribution in [0.2, 0.25) is 0 Å². The Morgan fingerprint density at radius 2 is 2.14 bits per heavy atom. The van der Waals surface area contributed by atoms with Crippen molar-refractivity contribution in [3.63, 3.8) is 0 Å². The maximum atomic E-state index is 11.6. The Morgan fingerprint density at radius 3 is 2.64 bits per heavy atom. The molecule has 0 radical (unpaired) electrons. The van der Waals surface area contributed by atoms with E-state index in [2.05, 4.69) is 21.2 Å². The van der Waals surface area contributed by atoms with Crippen molar-refractivity contribution in [2.45, 2.75) is 13.0 Å². The van der Waals surface area contributed by atoms with Gasteiger partial charge in [-0.2, -0.15) is 0 Å². The number of halogens is 2. The molecule has 1 unspecified atom stereocenters. The Labute approximate surface area is 98.6 Å². The normalized spacial score (nSPS) is 11.6. The minimum Gasteiger partial charge on any atom is -0.310 e. The lowest BCUT2D eigenvalue weighted by Crippen LogP contribution is -2.30. The molecular weight excluding hydrogens is 265 g/mol. The first-order valence-electron chi connectivity index (χ1n) is 4.12. The van der Waals surface area contributed by atoms with Crippen molar-refractivity contribution in [2.75, 3.05) is 7.05 Å². The van der Waals surface area contributed by atoms with Gasteiger partial charge in [-0.1, -0.05) is 28.1 Å². The number of rotatable bonds is 3. The molecule has 0 aromatic heterocycles. The summed E-state index contributed by atoms with van der Waals surface area (Å²) in [6, 6.07) is 7.28. The molecule has 78 valence electrons. The van der Waals surface area contributed by atoms with Crippen LogP contribution in [0.1, 0.15) is 17.3 Å². The van der Waals surface area contributed by atoms with E-state index < -0.39 is 0 Å². The first-order chi connectivity index (χ1) is 6.15. The molecule has 4 heteroatoms. The van der Waals surface area contributed by atoms with E-state index in [4.69, 9.17) is 0 Å². The molecule has 0 spiro atoms. The zero-order chi connectivity index (χ0) is 9.84. The molecule has 0 amide bonds. The molecule has 1 N–H and O–H groups in total. The summed E-state index contributed by atoms with van der Waals surface area (Å²) in [5, 5.41) is 2.92. The van der Waals surface area contributed by atoms with Crippen LogP contribution in [0.4, 0.5) is 0 Å². The predicted octanol–water partition coefficient (Wildman–Crippen LogP) is 2.66. The number of Topliss-reactive ketones (excluding diaryl/α,β-unsaturated/α-hetero) is 1. The number of hydrogen-bond donors (Lipinski definition) is 1. The van der Waals surface area contributed by atoms with Crippen LogP contribution in [0, 0.1) is 0 Å². The summed E-state index contributed by atoms with van der Waals surface area (Å²) in [7, 11) is 1.78. The van der Waals surface area contributed by atoms with Gasteiger partial charge in [0.05, 0.1) is 6.04 Å². The quantitative estimate of drug-likeness (QED) is 0.861. The summed E-state index contributed by atoms with van der Waals surface area (Å²) >= 11 is 3.33. The second-order valence-electron chi connectivity index (χ2n) is 2.88. The molecule has 0 aliphatic rings. The Bertz CT molecular complexity index is 317. The SMILES string of the molecule is CNC(C)C(=O)c1cccc(Br)c1.Cl. The van der Waals surface area contributed by atoms with Crippen molar-refractivity contribution >= 4 is 34.1 Å². The third-order valence-corrected chi connectivity index (χ3v) is 2.43.